The minimum absolute atomic E-state index is 0.240. The van der Waals surface area contributed by atoms with Crippen LogP contribution in [0, 0.1) is 0 Å². The van der Waals surface area contributed by atoms with Crippen LogP contribution < -0.4 is 5.73 Å². The molecule has 1 aromatic rings. The van der Waals surface area contributed by atoms with Gasteiger partial charge in [-0.3, -0.25) is 4.68 Å². The lowest BCUT2D eigenvalue weighted by atomic mass is 10.2. The van der Waals surface area contributed by atoms with Crippen LogP contribution in [0.3, 0.4) is 0 Å². The zero-order chi connectivity index (χ0) is 10.7. The van der Waals surface area contributed by atoms with E-state index in [0.29, 0.717) is 13.0 Å². The van der Waals surface area contributed by atoms with Gasteiger partial charge in [0.25, 0.3) is 0 Å². The fourth-order valence-corrected chi connectivity index (χ4v) is 1.91. The van der Waals surface area contributed by atoms with Crippen molar-refractivity contribution in [3.05, 3.63) is 16.4 Å². The molecule has 0 saturated heterocycles. The molecule has 1 rings (SSSR count). The highest BCUT2D eigenvalue weighted by molar-refractivity contribution is 9.10. The topological polar surface area (TPSA) is 64.1 Å². The number of halogens is 1. The number of rotatable bonds is 4. The quantitative estimate of drug-likeness (QED) is 0.866. The minimum atomic E-state index is -0.542. The normalized spacial score (nSPS) is 13.6. The highest BCUT2D eigenvalue weighted by Crippen LogP contribution is 2.27. The lowest BCUT2D eigenvalue weighted by Gasteiger charge is -2.15. The van der Waals surface area contributed by atoms with Gasteiger partial charge in [0.2, 0.25) is 0 Å². The van der Waals surface area contributed by atoms with Crippen molar-refractivity contribution < 1.29 is 5.11 Å². The van der Waals surface area contributed by atoms with E-state index in [1.54, 1.807) is 6.20 Å². The Kier molecular flexibility index (Phi) is 4.10. The van der Waals surface area contributed by atoms with Gasteiger partial charge in [-0.2, -0.15) is 5.10 Å². The van der Waals surface area contributed by atoms with E-state index in [9.17, 15) is 5.11 Å². The number of nitrogens with two attached hydrogens (primary N) is 1. The third kappa shape index (κ3) is 2.34. The van der Waals surface area contributed by atoms with Crippen LogP contribution in [0.15, 0.2) is 10.7 Å². The Morgan fingerprint density at radius 3 is 2.79 bits per heavy atom. The van der Waals surface area contributed by atoms with Crippen molar-refractivity contribution in [3.63, 3.8) is 0 Å². The van der Waals surface area contributed by atoms with E-state index in [4.69, 9.17) is 5.73 Å². The molecule has 0 aliphatic heterocycles. The molecule has 0 aliphatic carbocycles. The van der Waals surface area contributed by atoms with Crippen LogP contribution in [0.1, 0.15) is 38.1 Å². The van der Waals surface area contributed by atoms with E-state index >= 15 is 0 Å². The number of aliphatic hydroxyl groups excluding tert-OH is 1. The maximum absolute atomic E-state index is 9.85. The molecule has 1 heterocycles. The second kappa shape index (κ2) is 4.91. The Hall–Kier alpha value is -0.390. The molecule has 80 valence electrons. The van der Waals surface area contributed by atoms with Gasteiger partial charge in [-0.25, -0.2) is 0 Å². The standard InChI is InChI=1S/C9H16BrN3O/c1-6(2)13-9(7(10)5-12-13)8(14)3-4-11/h5-6,8,14H,3-4,11H2,1-2H3. The van der Waals surface area contributed by atoms with Crippen LogP contribution in [0.5, 0.6) is 0 Å². The third-order valence-corrected chi connectivity index (χ3v) is 2.64. The molecule has 0 spiro atoms. The SMILES string of the molecule is CC(C)n1ncc(Br)c1C(O)CCN. The largest absolute Gasteiger partial charge is 0.387 e. The number of hydrogen-bond acceptors (Lipinski definition) is 3. The van der Waals surface area contributed by atoms with Gasteiger partial charge in [-0.15, -0.1) is 0 Å². The lowest BCUT2D eigenvalue weighted by Crippen LogP contribution is -2.14. The van der Waals surface area contributed by atoms with E-state index in [1.165, 1.54) is 0 Å². The molecule has 0 radical (unpaired) electrons. The summed E-state index contributed by atoms with van der Waals surface area (Å²) in [6.07, 6.45) is 1.71. The molecule has 4 nitrogen and oxygen atoms in total. The van der Waals surface area contributed by atoms with E-state index in [1.807, 2.05) is 18.5 Å². The number of aromatic nitrogens is 2. The molecule has 14 heavy (non-hydrogen) atoms. The van der Waals surface area contributed by atoms with Gasteiger partial charge in [0, 0.05) is 6.04 Å². The van der Waals surface area contributed by atoms with Crippen LogP contribution in [0.25, 0.3) is 0 Å². The number of aliphatic hydroxyl groups is 1. The molecule has 0 bridgehead atoms. The molecule has 3 N–H and O–H groups in total. The fourth-order valence-electron chi connectivity index (χ4n) is 1.37. The van der Waals surface area contributed by atoms with Crippen molar-refractivity contribution in [2.24, 2.45) is 5.73 Å². The molecule has 5 heteroatoms. The second-order valence-corrected chi connectivity index (χ2v) is 4.36. The van der Waals surface area contributed by atoms with Crippen molar-refractivity contribution >= 4 is 15.9 Å². The van der Waals surface area contributed by atoms with Crippen molar-refractivity contribution in [1.29, 1.82) is 0 Å². The number of nitrogens with zero attached hydrogens (tertiary/aromatic N) is 2. The van der Waals surface area contributed by atoms with Crippen molar-refractivity contribution in [2.45, 2.75) is 32.4 Å². The molecule has 0 amide bonds. The second-order valence-electron chi connectivity index (χ2n) is 3.51. The van der Waals surface area contributed by atoms with E-state index < -0.39 is 6.10 Å². The van der Waals surface area contributed by atoms with Crippen LogP contribution in [0.4, 0.5) is 0 Å². The van der Waals surface area contributed by atoms with E-state index in [0.717, 1.165) is 10.2 Å². The first kappa shape index (κ1) is 11.7. The molecule has 0 saturated carbocycles. The maximum Gasteiger partial charge on any atom is 0.0980 e. The van der Waals surface area contributed by atoms with Gasteiger partial charge in [0.15, 0.2) is 0 Å². The van der Waals surface area contributed by atoms with Gasteiger partial charge in [-0.05, 0) is 42.7 Å². The Labute approximate surface area is 92.2 Å². The van der Waals surface area contributed by atoms with Crippen molar-refractivity contribution in [2.75, 3.05) is 6.54 Å². The molecule has 0 aromatic carbocycles. The predicted octanol–water partition coefficient (Wildman–Crippen LogP) is 1.61. The predicted molar refractivity (Wildman–Crippen MR) is 58.9 cm³/mol. The van der Waals surface area contributed by atoms with Crippen LogP contribution in [-0.4, -0.2) is 21.4 Å². The Morgan fingerprint density at radius 2 is 2.29 bits per heavy atom. The third-order valence-electron chi connectivity index (χ3n) is 2.03. The average Bonchev–Trinajstić information content (AvgIpc) is 2.47. The summed E-state index contributed by atoms with van der Waals surface area (Å²) in [5, 5.41) is 14.0. The van der Waals surface area contributed by atoms with Gasteiger partial charge in [0.05, 0.1) is 22.5 Å². The highest BCUT2D eigenvalue weighted by Gasteiger charge is 2.18. The zero-order valence-corrected chi connectivity index (χ0v) is 10.0. The molecular weight excluding hydrogens is 246 g/mol. The minimum Gasteiger partial charge on any atom is -0.387 e. The van der Waals surface area contributed by atoms with Crippen molar-refractivity contribution in [1.82, 2.24) is 9.78 Å². The molecule has 0 fully saturated rings. The monoisotopic (exact) mass is 261 g/mol. The first-order valence-electron chi connectivity index (χ1n) is 4.69. The van der Waals surface area contributed by atoms with Gasteiger partial charge < -0.3 is 10.8 Å². The summed E-state index contributed by atoms with van der Waals surface area (Å²) in [6.45, 7) is 4.52. The van der Waals surface area contributed by atoms with Gasteiger partial charge >= 0.3 is 0 Å². The zero-order valence-electron chi connectivity index (χ0n) is 8.44. The summed E-state index contributed by atoms with van der Waals surface area (Å²) in [7, 11) is 0. The van der Waals surface area contributed by atoms with Crippen LogP contribution in [0.2, 0.25) is 0 Å². The summed E-state index contributed by atoms with van der Waals surface area (Å²) in [5.74, 6) is 0. The molecular formula is C9H16BrN3O. The fraction of sp³-hybridized carbons (Fsp3) is 0.667. The van der Waals surface area contributed by atoms with E-state index in [-0.39, 0.29) is 6.04 Å². The van der Waals surface area contributed by atoms with Gasteiger partial charge in [-0.1, -0.05) is 0 Å². The Bertz CT molecular complexity index is 298. The van der Waals surface area contributed by atoms with Crippen molar-refractivity contribution in [3.8, 4) is 0 Å². The summed E-state index contributed by atoms with van der Waals surface area (Å²) in [5.41, 5.74) is 6.22. The Balaban J connectivity index is 2.98. The maximum atomic E-state index is 9.85. The summed E-state index contributed by atoms with van der Waals surface area (Å²) < 4.78 is 2.65. The average molecular weight is 262 g/mol. The summed E-state index contributed by atoms with van der Waals surface area (Å²) >= 11 is 3.37. The highest BCUT2D eigenvalue weighted by atomic mass is 79.9. The Morgan fingerprint density at radius 1 is 1.64 bits per heavy atom. The molecule has 1 aromatic heterocycles. The van der Waals surface area contributed by atoms with Crippen LogP contribution in [-0.2, 0) is 0 Å². The first-order chi connectivity index (χ1) is 6.57. The van der Waals surface area contributed by atoms with Gasteiger partial charge in [0.1, 0.15) is 0 Å². The summed E-state index contributed by atoms with van der Waals surface area (Å²) in [6, 6.07) is 0.240. The molecule has 0 aliphatic rings. The van der Waals surface area contributed by atoms with Crippen LogP contribution >= 0.6 is 15.9 Å². The van der Waals surface area contributed by atoms with E-state index in [2.05, 4.69) is 21.0 Å². The molecule has 1 atom stereocenters. The molecule has 1 unspecified atom stereocenters. The summed E-state index contributed by atoms with van der Waals surface area (Å²) in [4.78, 5) is 0. The smallest absolute Gasteiger partial charge is 0.0980 e. The lowest BCUT2D eigenvalue weighted by molar-refractivity contribution is 0.156. The number of hydrogen-bond donors (Lipinski definition) is 2. The first-order valence-corrected chi connectivity index (χ1v) is 5.48.